The van der Waals surface area contributed by atoms with Gasteiger partial charge in [-0.25, -0.2) is 0 Å². The molecule has 0 radical (unpaired) electrons. The summed E-state index contributed by atoms with van der Waals surface area (Å²) < 4.78 is 1.71. The lowest BCUT2D eigenvalue weighted by molar-refractivity contribution is -0.117. The second kappa shape index (κ2) is 6.37. The third-order valence-electron chi connectivity index (χ3n) is 3.32. The first-order valence-electron chi connectivity index (χ1n) is 6.68. The van der Waals surface area contributed by atoms with Crippen LogP contribution in [0.15, 0.2) is 48.8 Å². The lowest BCUT2D eigenvalue weighted by Crippen LogP contribution is -2.20. The molecule has 2 N–H and O–H groups in total. The lowest BCUT2D eigenvalue weighted by atomic mass is 9.94. The zero-order valence-electron chi connectivity index (χ0n) is 12.2. The number of hydrogen-bond donors (Lipinski definition) is 2. The summed E-state index contributed by atoms with van der Waals surface area (Å²) in [6, 6.07) is 7.55. The molecule has 0 aliphatic heterocycles. The fourth-order valence-electron chi connectivity index (χ4n) is 2.22. The van der Waals surface area contributed by atoms with Crippen LogP contribution in [0, 0.1) is 0 Å². The molecule has 1 amide bonds. The SMILES string of the molecule is C=C(CC(O)c1ccccc1-c1cnn(C)c1)C(=O)NC. The van der Waals surface area contributed by atoms with E-state index in [-0.39, 0.29) is 12.3 Å². The zero-order chi connectivity index (χ0) is 15.4. The summed E-state index contributed by atoms with van der Waals surface area (Å²) in [4.78, 5) is 11.5. The lowest BCUT2D eigenvalue weighted by Gasteiger charge is -2.15. The van der Waals surface area contributed by atoms with E-state index in [9.17, 15) is 9.90 Å². The fourth-order valence-corrected chi connectivity index (χ4v) is 2.22. The van der Waals surface area contributed by atoms with Gasteiger partial charge in [-0.15, -0.1) is 0 Å². The number of aliphatic hydroxyl groups excluding tert-OH is 1. The molecule has 1 aromatic carbocycles. The Morgan fingerprint density at radius 3 is 2.81 bits per heavy atom. The van der Waals surface area contributed by atoms with Crippen molar-refractivity contribution < 1.29 is 9.90 Å². The maximum Gasteiger partial charge on any atom is 0.246 e. The number of aromatic nitrogens is 2. The van der Waals surface area contributed by atoms with E-state index in [1.165, 1.54) is 0 Å². The van der Waals surface area contributed by atoms with Gasteiger partial charge in [0.25, 0.3) is 0 Å². The molecular formula is C16H19N3O2. The number of hydrogen-bond acceptors (Lipinski definition) is 3. The number of carbonyl (C=O) groups excluding carboxylic acids is 1. The molecule has 0 spiro atoms. The van der Waals surface area contributed by atoms with Gasteiger partial charge in [0.2, 0.25) is 5.91 Å². The van der Waals surface area contributed by atoms with Gasteiger partial charge in [-0.2, -0.15) is 5.10 Å². The van der Waals surface area contributed by atoms with Gasteiger partial charge in [-0.3, -0.25) is 9.48 Å². The average Bonchev–Trinajstić information content (AvgIpc) is 2.92. The Bertz CT molecular complexity index is 661. The van der Waals surface area contributed by atoms with Crippen molar-refractivity contribution in [2.75, 3.05) is 7.05 Å². The van der Waals surface area contributed by atoms with Crippen molar-refractivity contribution in [3.8, 4) is 11.1 Å². The molecular weight excluding hydrogens is 266 g/mol. The number of aliphatic hydroxyl groups is 1. The van der Waals surface area contributed by atoms with Crippen LogP contribution in [0.3, 0.4) is 0 Å². The molecule has 1 unspecified atom stereocenters. The van der Waals surface area contributed by atoms with Crippen LogP contribution in [0.4, 0.5) is 0 Å². The first kappa shape index (κ1) is 15.0. The number of rotatable bonds is 5. The van der Waals surface area contributed by atoms with E-state index in [1.807, 2.05) is 37.5 Å². The molecule has 0 aliphatic rings. The van der Waals surface area contributed by atoms with E-state index in [2.05, 4.69) is 17.0 Å². The van der Waals surface area contributed by atoms with Crippen LogP contribution in [0.2, 0.25) is 0 Å². The van der Waals surface area contributed by atoms with Crippen molar-refractivity contribution in [1.29, 1.82) is 0 Å². The highest BCUT2D eigenvalue weighted by Crippen LogP contribution is 2.30. The van der Waals surface area contributed by atoms with Crippen molar-refractivity contribution in [3.05, 3.63) is 54.4 Å². The van der Waals surface area contributed by atoms with E-state index in [1.54, 1.807) is 17.9 Å². The molecule has 0 aliphatic carbocycles. The van der Waals surface area contributed by atoms with Crippen molar-refractivity contribution in [1.82, 2.24) is 15.1 Å². The molecule has 0 saturated heterocycles. The van der Waals surface area contributed by atoms with Crippen LogP contribution >= 0.6 is 0 Å². The topological polar surface area (TPSA) is 67.2 Å². The molecule has 2 rings (SSSR count). The highest BCUT2D eigenvalue weighted by atomic mass is 16.3. The quantitative estimate of drug-likeness (QED) is 0.823. The molecule has 21 heavy (non-hydrogen) atoms. The minimum absolute atomic E-state index is 0.191. The molecule has 0 bridgehead atoms. The van der Waals surface area contributed by atoms with E-state index in [4.69, 9.17) is 0 Å². The monoisotopic (exact) mass is 285 g/mol. The summed E-state index contributed by atoms with van der Waals surface area (Å²) in [6.07, 6.45) is 3.04. The minimum atomic E-state index is -0.786. The third-order valence-corrected chi connectivity index (χ3v) is 3.32. The molecule has 1 atom stereocenters. The van der Waals surface area contributed by atoms with Crippen molar-refractivity contribution in [3.63, 3.8) is 0 Å². The Labute approximate surface area is 123 Å². The van der Waals surface area contributed by atoms with Gasteiger partial charge in [0, 0.05) is 37.8 Å². The summed E-state index contributed by atoms with van der Waals surface area (Å²) in [5.41, 5.74) is 2.95. The summed E-state index contributed by atoms with van der Waals surface area (Å²) in [6.45, 7) is 3.71. The van der Waals surface area contributed by atoms with Crippen LogP contribution in [-0.4, -0.2) is 27.8 Å². The second-order valence-corrected chi connectivity index (χ2v) is 4.89. The third kappa shape index (κ3) is 3.38. The summed E-state index contributed by atoms with van der Waals surface area (Å²) >= 11 is 0. The Morgan fingerprint density at radius 1 is 1.48 bits per heavy atom. The number of likely N-dealkylation sites (N-methyl/N-ethyl adjacent to an activating group) is 1. The van der Waals surface area contributed by atoms with Crippen molar-refractivity contribution in [2.45, 2.75) is 12.5 Å². The molecule has 0 saturated carbocycles. The van der Waals surface area contributed by atoms with Crippen LogP contribution in [-0.2, 0) is 11.8 Å². The first-order valence-corrected chi connectivity index (χ1v) is 6.68. The maximum absolute atomic E-state index is 11.5. The summed E-state index contributed by atoms with van der Waals surface area (Å²) in [5.74, 6) is -0.257. The highest BCUT2D eigenvalue weighted by molar-refractivity contribution is 5.92. The Morgan fingerprint density at radius 2 is 2.19 bits per heavy atom. The largest absolute Gasteiger partial charge is 0.388 e. The van der Waals surface area contributed by atoms with Gasteiger partial charge < -0.3 is 10.4 Å². The van der Waals surface area contributed by atoms with Gasteiger partial charge in [0.15, 0.2) is 0 Å². The molecule has 110 valence electrons. The normalized spacial score (nSPS) is 12.0. The number of amides is 1. The summed E-state index contributed by atoms with van der Waals surface area (Å²) in [7, 11) is 3.39. The molecule has 5 heteroatoms. The van der Waals surface area contributed by atoms with E-state index < -0.39 is 6.10 Å². The Balaban J connectivity index is 2.28. The molecule has 5 nitrogen and oxygen atoms in total. The Kier molecular flexibility index (Phi) is 4.55. The van der Waals surface area contributed by atoms with Gasteiger partial charge in [0.05, 0.1) is 12.3 Å². The van der Waals surface area contributed by atoms with Gasteiger partial charge in [0.1, 0.15) is 0 Å². The predicted octanol–water partition coefficient (Wildman–Crippen LogP) is 1.81. The van der Waals surface area contributed by atoms with Gasteiger partial charge in [-0.05, 0) is 11.1 Å². The molecule has 0 fully saturated rings. The number of carbonyl (C=O) groups is 1. The minimum Gasteiger partial charge on any atom is -0.388 e. The first-order chi connectivity index (χ1) is 10.0. The molecule has 1 heterocycles. The van der Waals surface area contributed by atoms with E-state index >= 15 is 0 Å². The standard InChI is InChI=1S/C16H19N3O2/c1-11(16(21)17-2)8-15(20)14-7-5-4-6-13(14)12-9-18-19(3)10-12/h4-7,9-10,15,20H,1,8H2,2-3H3,(H,17,21). The smallest absolute Gasteiger partial charge is 0.246 e. The van der Waals surface area contributed by atoms with Crippen molar-refractivity contribution in [2.24, 2.45) is 7.05 Å². The van der Waals surface area contributed by atoms with Crippen LogP contribution in [0.5, 0.6) is 0 Å². The average molecular weight is 285 g/mol. The van der Waals surface area contributed by atoms with Crippen LogP contribution < -0.4 is 5.32 Å². The predicted molar refractivity (Wildman–Crippen MR) is 81.4 cm³/mol. The second-order valence-electron chi connectivity index (χ2n) is 4.89. The Hall–Kier alpha value is -2.40. The van der Waals surface area contributed by atoms with Gasteiger partial charge >= 0.3 is 0 Å². The maximum atomic E-state index is 11.5. The number of nitrogens with one attached hydrogen (secondary N) is 1. The van der Waals surface area contributed by atoms with Crippen LogP contribution in [0.1, 0.15) is 18.1 Å². The fraction of sp³-hybridized carbons (Fsp3) is 0.250. The van der Waals surface area contributed by atoms with E-state index in [0.717, 1.165) is 16.7 Å². The number of aryl methyl sites for hydroxylation is 1. The highest BCUT2D eigenvalue weighted by Gasteiger charge is 2.17. The van der Waals surface area contributed by atoms with E-state index in [0.29, 0.717) is 5.57 Å². The zero-order valence-corrected chi connectivity index (χ0v) is 12.2. The molecule has 2 aromatic rings. The molecule has 1 aromatic heterocycles. The van der Waals surface area contributed by atoms with Crippen LogP contribution in [0.25, 0.3) is 11.1 Å². The van der Waals surface area contributed by atoms with Gasteiger partial charge in [-0.1, -0.05) is 30.8 Å². The summed E-state index contributed by atoms with van der Waals surface area (Å²) in [5, 5.41) is 17.1. The van der Waals surface area contributed by atoms with Crippen molar-refractivity contribution >= 4 is 5.91 Å². The number of nitrogens with zero attached hydrogens (tertiary/aromatic N) is 2. The number of benzene rings is 1.